The Morgan fingerprint density at radius 2 is 2.12 bits per heavy atom. The van der Waals surface area contributed by atoms with E-state index in [1.54, 1.807) is 18.3 Å². The van der Waals surface area contributed by atoms with Crippen molar-refractivity contribution in [3.05, 3.63) is 52.0 Å². The first kappa shape index (κ1) is 12.4. The maximum absolute atomic E-state index is 6.12. The molecule has 0 aliphatic heterocycles. The number of hydrogen-bond acceptors (Lipinski definition) is 2. The smallest absolute Gasteiger partial charge is 0.110 e. The van der Waals surface area contributed by atoms with E-state index in [1.807, 2.05) is 23.9 Å². The summed E-state index contributed by atoms with van der Waals surface area (Å²) in [4.78, 5) is 4.25. The van der Waals surface area contributed by atoms with Crippen LogP contribution in [0.4, 0.5) is 0 Å². The lowest BCUT2D eigenvalue weighted by Gasteiger charge is -2.12. The minimum Gasteiger partial charge on any atom is -0.338 e. The Morgan fingerprint density at radius 3 is 2.71 bits per heavy atom. The molecule has 1 unspecified atom stereocenters. The number of hydrogen-bond donors (Lipinski definition) is 1. The third kappa shape index (κ3) is 2.80. The average Bonchev–Trinajstić information content (AvgIpc) is 2.68. The van der Waals surface area contributed by atoms with Crippen LogP contribution in [0.3, 0.4) is 0 Å². The fourth-order valence-corrected chi connectivity index (χ4v) is 1.96. The van der Waals surface area contributed by atoms with Gasteiger partial charge in [-0.3, -0.25) is 0 Å². The van der Waals surface area contributed by atoms with Crippen molar-refractivity contribution in [2.24, 2.45) is 12.8 Å². The van der Waals surface area contributed by atoms with Crippen LogP contribution in [0.1, 0.15) is 17.4 Å². The van der Waals surface area contributed by atoms with Crippen LogP contribution in [0, 0.1) is 0 Å². The van der Waals surface area contributed by atoms with E-state index in [0.29, 0.717) is 16.5 Å². The first-order valence-electron chi connectivity index (χ1n) is 5.24. The fraction of sp³-hybridized carbons (Fsp3) is 0.250. The number of nitrogens with zero attached hydrogens (tertiary/aromatic N) is 2. The van der Waals surface area contributed by atoms with Crippen molar-refractivity contribution in [1.82, 2.24) is 9.55 Å². The summed E-state index contributed by atoms with van der Waals surface area (Å²) < 4.78 is 1.96. The van der Waals surface area contributed by atoms with Crippen LogP contribution in [-0.4, -0.2) is 9.55 Å². The second-order valence-electron chi connectivity index (χ2n) is 3.94. The van der Waals surface area contributed by atoms with Gasteiger partial charge in [-0.05, 0) is 17.7 Å². The Bertz CT molecular complexity index is 522. The molecule has 0 amide bonds. The number of aromatic nitrogens is 2. The molecule has 2 aromatic rings. The Morgan fingerprint density at radius 1 is 1.35 bits per heavy atom. The van der Waals surface area contributed by atoms with Crippen LogP contribution < -0.4 is 5.73 Å². The second-order valence-corrected chi connectivity index (χ2v) is 4.75. The van der Waals surface area contributed by atoms with Crippen LogP contribution in [0.15, 0.2) is 30.6 Å². The molecule has 0 radical (unpaired) electrons. The first-order chi connectivity index (χ1) is 8.08. The van der Waals surface area contributed by atoms with Gasteiger partial charge in [0.1, 0.15) is 5.82 Å². The van der Waals surface area contributed by atoms with Gasteiger partial charge in [-0.15, -0.1) is 0 Å². The van der Waals surface area contributed by atoms with E-state index in [0.717, 1.165) is 11.4 Å². The van der Waals surface area contributed by atoms with Crippen molar-refractivity contribution in [3.8, 4) is 0 Å². The molecule has 0 saturated carbocycles. The van der Waals surface area contributed by atoms with Gasteiger partial charge in [-0.2, -0.15) is 0 Å². The van der Waals surface area contributed by atoms with E-state index in [9.17, 15) is 0 Å². The quantitative estimate of drug-likeness (QED) is 0.931. The summed E-state index contributed by atoms with van der Waals surface area (Å²) in [5, 5.41) is 1.07. The van der Waals surface area contributed by atoms with Crippen LogP contribution in [0.25, 0.3) is 0 Å². The van der Waals surface area contributed by atoms with Crippen molar-refractivity contribution >= 4 is 23.2 Å². The Hall–Kier alpha value is -1.03. The lowest BCUT2D eigenvalue weighted by Crippen LogP contribution is -2.15. The standard InChI is InChI=1S/C12H13Cl2N3/c1-17-5-4-16-12(17)7-11(15)8-2-3-9(13)10(14)6-8/h2-6,11H,7,15H2,1H3. The summed E-state index contributed by atoms with van der Waals surface area (Å²) in [5.41, 5.74) is 7.08. The molecule has 1 atom stereocenters. The van der Waals surface area contributed by atoms with Crippen molar-refractivity contribution in [2.45, 2.75) is 12.5 Å². The molecule has 0 aliphatic rings. The molecular weight excluding hydrogens is 257 g/mol. The Balaban J connectivity index is 2.17. The van der Waals surface area contributed by atoms with Crippen LogP contribution in [-0.2, 0) is 13.5 Å². The van der Waals surface area contributed by atoms with E-state index in [-0.39, 0.29) is 6.04 Å². The molecule has 0 bridgehead atoms. The Kier molecular flexibility index (Phi) is 3.72. The van der Waals surface area contributed by atoms with Crippen LogP contribution >= 0.6 is 23.2 Å². The summed E-state index contributed by atoms with van der Waals surface area (Å²) in [6.07, 6.45) is 4.33. The van der Waals surface area contributed by atoms with Crippen molar-refractivity contribution in [3.63, 3.8) is 0 Å². The summed E-state index contributed by atoms with van der Waals surface area (Å²) in [6, 6.07) is 5.32. The van der Waals surface area contributed by atoms with Gasteiger partial charge in [-0.25, -0.2) is 4.98 Å². The van der Waals surface area contributed by atoms with Gasteiger partial charge >= 0.3 is 0 Å². The number of nitrogens with two attached hydrogens (primary N) is 1. The third-order valence-corrected chi connectivity index (χ3v) is 3.43. The largest absolute Gasteiger partial charge is 0.338 e. The molecule has 1 aromatic heterocycles. The van der Waals surface area contributed by atoms with Gasteiger partial charge in [0.25, 0.3) is 0 Å². The van der Waals surface area contributed by atoms with E-state index in [4.69, 9.17) is 28.9 Å². The highest BCUT2D eigenvalue weighted by atomic mass is 35.5. The molecule has 17 heavy (non-hydrogen) atoms. The predicted molar refractivity (Wildman–Crippen MR) is 70.3 cm³/mol. The van der Waals surface area contributed by atoms with Crippen molar-refractivity contribution in [2.75, 3.05) is 0 Å². The van der Waals surface area contributed by atoms with Gasteiger partial charge in [0.2, 0.25) is 0 Å². The molecule has 3 nitrogen and oxygen atoms in total. The first-order valence-corrected chi connectivity index (χ1v) is 6.00. The van der Waals surface area contributed by atoms with Gasteiger partial charge in [0, 0.05) is 31.9 Å². The van der Waals surface area contributed by atoms with Gasteiger partial charge < -0.3 is 10.3 Å². The van der Waals surface area contributed by atoms with Gasteiger partial charge in [0.05, 0.1) is 10.0 Å². The SMILES string of the molecule is Cn1ccnc1CC(N)c1ccc(Cl)c(Cl)c1. The molecule has 2 rings (SSSR count). The van der Waals surface area contributed by atoms with E-state index in [1.165, 1.54) is 0 Å². The lowest BCUT2D eigenvalue weighted by atomic mass is 10.0. The summed E-state index contributed by atoms with van der Waals surface area (Å²) in [5.74, 6) is 0.948. The molecule has 0 aliphatic carbocycles. The average molecular weight is 270 g/mol. The van der Waals surface area contributed by atoms with Crippen LogP contribution in [0.2, 0.25) is 10.0 Å². The molecule has 5 heteroatoms. The fourth-order valence-electron chi connectivity index (χ4n) is 1.65. The number of benzene rings is 1. The molecule has 1 heterocycles. The monoisotopic (exact) mass is 269 g/mol. The highest BCUT2D eigenvalue weighted by Crippen LogP contribution is 2.25. The minimum atomic E-state index is -0.133. The molecular formula is C12H13Cl2N3. The molecule has 2 N–H and O–H groups in total. The number of rotatable bonds is 3. The topological polar surface area (TPSA) is 43.8 Å². The highest BCUT2D eigenvalue weighted by Gasteiger charge is 2.11. The number of aryl methyl sites for hydroxylation is 1. The predicted octanol–water partition coefficient (Wildman–Crippen LogP) is 2.97. The number of halogens is 2. The summed E-state index contributed by atoms with van der Waals surface area (Å²) in [7, 11) is 1.95. The normalized spacial score (nSPS) is 12.7. The zero-order chi connectivity index (χ0) is 12.4. The Labute approximate surface area is 110 Å². The molecule has 0 fully saturated rings. The maximum Gasteiger partial charge on any atom is 0.110 e. The molecule has 0 spiro atoms. The third-order valence-electron chi connectivity index (χ3n) is 2.70. The van der Waals surface area contributed by atoms with E-state index >= 15 is 0 Å². The van der Waals surface area contributed by atoms with Gasteiger partial charge in [-0.1, -0.05) is 29.3 Å². The van der Waals surface area contributed by atoms with Crippen molar-refractivity contribution in [1.29, 1.82) is 0 Å². The minimum absolute atomic E-state index is 0.133. The zero-order valence-electron chi connectivity index (χ0n) is 9.40. The molecule has 0 saturated heterocycles. The van der Waals surface area contributed by atoms with E-state index in [2.05, 4.69) is 4.98 Å². The maximum atomic E-state index is 6.12. The zero-order valence-corrected chi connectivity index (χ0v) is 10.9. The highest BCUT2D eigenvalue weighted by molar-refractivity contribution is 6.42. The van der Waals surface area contributed by atoms with Crippen LogP contribution in [0.5, 0.6) is 0 Å². The molecule has 1 aromatic carbocycles. The van der Waals surface area contributed by atoms with Crippen molar-refractivity contribution < 1.29 is 0 Å². The molecule has 90 valence electrons. The van der Waals surface area contributed by atoms with Gasteiger partial charge in [0.15, 0.2) is 0 Å². The summed E-state index contributed by atoms with van der Waals surface area (Å²) >= 11 is 11.8. The number of imidazole rings is 1. The van der Waals surface area contributed by atoms with E-state index < -0.39 is 0 Å². The lowest BCUT2D eigenvalue weighted by molar-refractivity contribution is 0.659. The second kappa shape index (κ2) is 5.08. The summed E-state index contributed by atoms with van der Waals surface area (Å²) in [6.45, 7) is 0.